The predicted octanol–water partition coefficient (Wildman–Crippen LogP) is 6.64. The first-order valence-corrected chi connectivity index (χ1v) is 11.8. The Morgan fingerprint density at radius 2 is 1.30 bits per heavy atom. The molecule has 0 fully saturated rings. The first-order chi connectivity index (χ1) is 18.1. The second-order valence-electron chi connectivity index (χ2n) is 8.39. The van der Waals surface area contributed by atoms with Crippen LogP contribution >= 0.6 is 0 Å². The molecule has 186 valence electrons. The van der Waals surface area contributed by atoms with Gasteiger partial charge in [0, 0.05) is 23.8 Å². The highest BCUT2D eigenvalue weighted by molar-refractivity contribution is 5.86. The van der Waals surface area contributed by atoms with Gasteiger partial charge in [0.05, 0.1) is 14.2 Å². The van der Waals surface area contributed by atoms with E-state index in [9.17, 15) is 4.79 Å². The summed E-state index contributed by atoms with van der Waals surface area (Å²) >= 11 is 0. The van der Waals surface area contributed by atoms with Crippen LogP contribution in [0.15, 0.2) is 106 Å². The van der Waals surface area contributed by atoms with Crippen LogP contribution in [0.2, 0.25) is 0 Å². The number of hydrogen-bond donors (Lipinski definition) is 0. The summed E-state index contributed by atoms with van der Waals surface area (Å²) in [4.78, 5) is 13.1. The molecule has 37 heavy (non-hydrogen) atoms. The molecule has 0 aliphatic heterocycles. The molecule has 5 aromatic rings. The maximum absolute atomic E-state index is 13.1. The molecule has 5 rings (SSSR count). The quantitative estimate of drug-likeness (QED) is 0.229. The molecule has 1 heterocycles. The van der Waals surface area contributed by atoms with Gasteiger partial charge in [-0.2, -0.15) is 0 Å². The van der Waals surface area contributed by atoms with Gasteiger partial charge in [0.15, 0.2) is 16.9 Å². The second kappa shape index (κ2) is 10.9. The van der Waals surface area contributed by atoms with Gasteiger partial charge < -0.3 is 23.4 Å². The molecule has 0 unspecified atom stereocenters. The summed E-state index contributed by atoms with van der Waals surface area (Å²) in [6.45, 7) is 0.752. The number of ether oxygens (including phenoxy) is 4. The molecule has 0 spiro atoms. The van der Waals surface area contributed by atoms with Crippen LogP contribution in [-0.2, 0) is 13.2 Å². The molecule has 0 saturated carbocycles. The minimum atomic E-state index is -0.217. The van der Waals surface area contributed by atoms with Crippen molar-refractivity contribution in [2.24, 2.45) is 0 Å². The van der Waals surface area contributed by atoms with E-state index in [4.69, 9.17) is 23.4 Å². The fourth-order valence-electron chi connectivity index (χ4n) is 4.03. The largest absolute Gasteiger partial charge is 0.496 e. The zero-order valence-corrected chi connectivity index (χ0v) is 20.6. The smallest absolute Gasteiger partial charge is 0.197 e. The highest BCUT2D eigenvalue weighted by Crippen LogP contribution is 2.36. The lowest BCUT2D eigenvalue weighted by molar-refractivity contribution is 0.284. The van der Waals surface area contributed by atoms with Crippen molar-refractivity contribution in [3.8, 4) is 34.3 Å². The fraction of sp³-hybridized carbons (Fsp3) is 0.129. The predicted molar refractivity (Wildman–Crippen MR) is 143 cm³/mol. The maximum atomic E-state index is 13.1. The van der Waals surface area contributed by atoms with Crippen molar-refractivity contribution in [1.29, 1.82) is 0 Å². The van der Waals surface area contributed by atoms with Gasteiger partial charge in [-0.3, -0.25) is 4.79 Å². The molecular weight excluding hydrogens is 468 g/mol. The van der Waals surface area contributed by atoms with Gasteiger partial charge in [0.2, 0.25) is 0 Å². The molecule has 0 N–H and O–H groups in total. The first kappa shape index (κ1) is 24.0. The minimum Gasteiger partial charge on any atom is -0.496 e. The highest BCUT2D eigenvalue weighted by atomic mass is 16.5. The van der Waals surface area contributed by atoms with Crippen LogP contribution in [0.4, 0.5) is 0 Å². The monoisotopic (exact) mass is 494 g/mol. The molecule has 6 heteroatoms. The Morgan fingerprint density at radius 1 is 0.649 bits per heavy atom. The van der Waals surface area contributed by atoms with E-state index >= 15 is 0 Å². The third-order valence-electron chi connectivity index (χ3n) is 5.92. The van der Waals surface area contributed by atoms with E-state index in [0.717, 1.165) is 11.1 Å². The lowest BCUT2D eigenvalue weighted by Gasteiger charge is -2.13. The lowest BCUT2D eigenvalue weighted by Crippen LogP contribution is -2.04. The average molecular weight is 495 g/mol. The molecule has 0 saturated heterocycles. The van der Waals surface area contributed by atoms with E-state index in [2.05, 4.69) is 0 Å². The van der Waals surface area contributed by atoms with E-state index in [1.165, 1.54) is 13.2 Å². The Balaban J connectivity index is 1.49. The van der Waals surface area contributed by atoms with Crippen molar-refractivity contribution < 1.29 is 23.4 Å². The molecule has 1 aromatic heterocycles. The van der Waals surface area contributed by atoms with Crippen LogP contribution in [0.25, 0.3) is 22.3 Å². The van der Waals surface area contributed by atoms with Crippen molar-refractivity contribution in [2.75, 3.05) is 14.2 Å². The summed E-state index contributed by atoms with van der Waals surface area (Å²) in [6, 6.07) is 30.0. The highest BCUT2D eigenvalue weighted by Gasteiger charge is 2.16. The summed E-state index contributed by atoms with van der Waals surface area (Å²) in [5, 5.41) is 0.354. The van der Waals surface area contributed by atoms with Gasteiger partial charge in [0.1, 0.15) is 41.4 Å². The first-order valence-electron chi connectivity index (χ1n) is 11.8. The third-order valence-corrected chi connectivity index (χ3v) is 5.92. The lowest BCUT2D eigenvalue weighted by atomic mass is 10.1. The van der Waals surface area contributed by atoms with Gasteiger partial charge in [-0.15, -0.1) is 0 Å². The van der Waals surface area contributed by atoms with Crippen molar-refractivity contribution in [1.82, 2.24) is 0 Å². The van der Waals surface area contributed by atoms with Crippen molar-refractivity contribution in [3.63, 3.8) is 0 Å². The van der Waals surface area contributed by atoms with E-state index in [0.29, 0.717) is 58.5 Å². The Labute approximate surface area is 214 Å². The molecule has 0 atom stereocenters. The molecule has 0 radical (unpaired) electrons. The van der Waals surface area contributed by atoms with E-state index in [1.54, 1.807) is 31.4 Å². The summed E-state index contributed by atoms with van der Waals surface area (Å²) < 4.78 is 29.2. The Kier molecular flexibility index (Phi) is 7.08. The van der Waals surface area contributed by atoms with E-state index in [-0.39, 0.29) is 5.43 Å². The maximum Gasteiger partial charge on any atom is 0.197 e. The summed E-state index contributed by atoms with van der Waals surface area (Å²) in [6.07, 6.45) is 0. The number of fused-ring (bicyclic) bond motifs is 1. The Morgan fingerprint density at radius 3 is 1.95 bits per heavy atom. The Hall–Kier alpha value is -4.71. The molecule has 0 amide bonds. The molecule has 0 bridgehead atoms. The van der Waals surface area contributed by atoms with Crippen LogP contribution in [0.5, 0.6) is 23.0 Å². The molecule has 0 aliphatic rings. The van der Waals surface area contributed by atoms with Gasteiger partial charge in [-0.05, 0) is 29.3 Å². The van der Waals surface area contributed by atoms with Crippen LogP contribution in [0, 0.1) is 0 Å². The van der Waals surface area contributed by atoms with Crippen LogP contribution in [0.3, 0.4) is 0 Å². The average Bonchev–Trinajstić information content (AvgIpc) is 2.95. The molecular formula is C31H26O6. The van der Waals surface area contributed by atoms with Gasteiger partial charge in [-0.25, -0.2) is 0 Å². The van der Waals surface area contributed by atoms with Gasteiger partial charge in [0.25, 0.3) is 0 Å². The van der Waals surface area contributed by atoms with Crippen LogP contribution in [-0.4, -0.2) is 14.2 Å². The fourth-order valence-corrected chi connectivity index (χ4v) is 4.03. The zero-order chi connectivity index (χ0) is 25.6. The van der Waals surface area contributed by atoms with Crippen LogP contribution in [0.1, 0.15) is 11.1 Å². The molecule has 4 aromatic carbocycles. The topological polar surface area (TPSA) is 67.1 Å². The van der Waals surface area contributed by atoms with E-state index in [1.807, 2.05) is 66.7 Å². The molecule has 0 aliphatic carbocycles. The number of benzene rings is 4. The van der Waals surface area contributed by atoms with Crippen LogP contribution < -0.4 is 24.4 Å². The van der Waals surface area contributed by atoms with Gasteiger partial charge in [-0.1, -0.05) is 60.7 Å². The van der Waals surface area contributed by atoms with Gasteiger partial charge >= 0.3 is 0 Å². The summed E-state index contributed by atoms with van der Waals surface area (Å²) in [7, 11) is 3.10. The zero-order valence-electron chi connectivity index (χ0n) is 20.6. The number of rotatable bonds is 9. The van der Waals surface area contributed by atoms with E-state index < -0.39 is 0 Å². The minimum absolute atomic E-state index is 0.217. The normalized spacial score (nSPS) is 10.8. The Bertz CT molecular complexity index is 1560. The van der Waals surface area contributed by atoms with Crippen molar-refractivity contribution in [2.45, 2.75) is 13.2 Å². The summed E-state index contributed by atoms with van der Waals surface area (Å²) in [5.74, 6) is 2.45. The summed E-state index contributed by atoms with van der Waals surface area (Å²) in [5.41, 5.74) is 2.88. The number of hydrogen-bond acceptors (Lipinski definition) is 6. The standard InChI is InChI=1S/C31H26O6/c1-33-26-14-13-23(15-28(26)36-20-22-11-7-4-8-12-22)27-18-25(32)31-29(34-2)16-24(17-30(31)37-27)35-19-21-9-5-3-6-10-21/h3-18H,19-20H2,1-2H3. The third kappa shape index (κ3) is 5.43. The number of methoxy groups -OCH3 is 2. The second-order valence-corrected chi connectivity index (χ2v) is 8.39. The molecule has 6 nitrogen and oxygen atoms in total. The van der Waals surface area contributed by atoms with Crippen molar-refractivity contribution >= 4 is 11.0 Å². The SMILES string of the molecule is COc1ccc(-c2cc(=O)c3c(OC)cc(OCc4ccccc4)cc3o2)cc1OCc1ccccc1. The van der Waals surface area contributed by atoms with Crippen molar-refractivity contribution in [3.05, 3.63) is 118 Å².